The zero-order valence-corrected chi connectivity index (χ0v) is 29.5. The van der Waals surface area contributed by atoms with E-state index in [1.165, 1.54) is 12.4 Å². The summed E-state index contributed by atoms with van der Waals surface area (Å²) >= 11 is 0. The third-order valence-electron chi connectivity index (χ3n) is 7.05. The van der Waals surface area contributed by atoms with E-state index in [9.17, 15) is 36.6 Å². The second-order valence-electron chi connectivity index (χ2n) is 13.4. The Bertz CT molecular complexity index is 1370. The van der Waals surface area contributed by atoms with E-state index in [2.05, 4.69) is 9.98 Å². The molecule has 0 saturated heterocycles. The van der Waals surface area contributed by atoms with Gasteiger partial charge in [-0.05, 0) is 61.8 Å². The minimum atomic E-state index is -4.62. The fourth-order valence-corrected chi connectivity index (χ4v) is 4.77. The number of alkyl halides is 6. The van der Waals surface area contributed by atoms with Crippen LogP contribution in [0.4, 0.5) is 26.3 Å². The Morgan fingerprint density at radius 1 is 0.673 bits per heavy atom. The molecule has 2 aromatic carbocycles. The standard InChI is InChI=1S/C30H36F6N2O2.2C2H4O2.Co/c1-27(2,3)21-13-19(29(31,32)33)11-17(25(21)39)15-37-23-9-7-8-10-24(23)38-16-18-12-20(30(34,35)36)14-22(26(18)40)28(4,5)6;2*1-2(3)4;/h11-16,23-24,39-40H,7-10H2,1-6H3;2*1H3,(H,3,4);/q;;;+2/p-2. The summed E-state index contributed by atoms with van der Waals surface area (Å²) in [5.41, 5.74) is -3.19. The normalized spacial score (nSPS) is 17.0. The van der Waals surface area contributed by atoms with Gasteiger partial charge in [0.15, 0.2) is 0 Å². The van der Waals surface area contributed by atoms with Gasteiger partial charge in [-0.25, -0.2) is 0 Å². The van der Waals surface area contributed by atoms with Gasteiger partial charge in [-0.1, -0.05) is 54.4 Å². The number of benzene rings is 2. The van der Waals surface area contributed by atoms with Crippen LogP contribution in [0.15, 0.2) is 34.3 Å². The van der Waals surface area contributed by atoms with Gasteiger partial charge >= 0.3 is 29.1 Å². The Labute approximate surface area is 292 Å². The first kappa shape index (κ1) is 45.4. The van der Waals surface area contributed by atoms with Crippen molar-refractivity contribution in [2.24, 2.45) is 9.98 Å². The Hall–Kier alpha value is -3.59. The van der Waals surface area contributed by atoms with Gasteiger partial charge in [0, 0.05) is 46.6 Å². The molecule has 0 bridgehead atoms. The molecule has 0 spiro atoms. The maximum atomic E-state index is 13.6. The number of hydrogen-bond donors (Lipinski definition) is 2. The largest absolute Gasteiger partial charge is 2.00 e. The van der Waals surface area contributed by atoms with Gasteiger partial charge in [0.05, 0.1) is 23.2 Å². The summed E-state index contributed by atoms with van der Waals surface area (Å²) < 4.78 is 81.5. The number of carboxylic acid groups (broad SMARTS) is 2. The summed E-state index contributed by atoms with van der Waals surface area (Å²) in [7, 11) is 0. The number of phenols is 2. The van der Waals surface area contributed by atoms with Crippen molar-refractivity contribution >= 4 is 24.4 Å². The number of carboxylic acids is 2. The summed E-state index contributed by atoms with van der Waals surface area (Å²) in [6.45, 7) is 12.1. The molecule has 2 atom stereocenters. The molecule has 2 unspecified atom stereocenters. The molecule has 1 aliphatic carbocycles. The van der Waals surface area contributed by atoms with Crippen molar-refractivity contribution in [2.45, 2.75) is 116 Å². The monoisotopic (exact) mass is 747 g/mol. The number of aliphatic imine (C=N–C) groups is 2. The van der Waals surface area contributed by atoms with E-state index in [4.69, 9.17) is 19.8 Å². The van der Waals surface area contributed by atoms with Crippen LogP contribution in [0.2, 0.25) is 0 Å². The van der Waals surface area contributed by atoms with Gasteiger partial charge in [0.25, 0.3) is 0 Å². The molecular weight excluding hydrogens is 705 g/mol. The van der Waals surface area contributed by atoms with Crippen molar-refractivity contribution in [3.63, 3.8) is 0 Å². The molecule has 15 heteroatoms. The first-order chi connectivity index (χ1) is 21.7. The first-order valence-electron chi connectivity index (χ1n) is 15.0. The number of aliphatic carboxylic acids is 2. The third kappa shape index (κ3) is 14.8. The van der Waals surface area contributed by atoms with E-state index in [-0.39, 0.29) is 50.5 Å². The minimum Gasteiger partial charge on any atom is -0.550 e. The van der Waals surface area contributed by atoms with Gasteiger partial charge in [0.1, 0.15) is 11.5 Å². The van der Waals surface area contributed by atoms with E-state index >= 15 is 0 Å². The number of carbonyl (C=O) groups is 2. The molecule has 275 valence electrons. The Balaban J connectivity index is 0.00000230. The molecule has 49 heavy (non-hydrogen) atoms. The predicted octanol–water partition coefficient (Wildman–Crippen LogP) is 6.09. The molecule has 2 aromatic rings. The van der Waals surface area contributed by atoms with Crippen LogP contribution in [-0.4, -0.2) is 46.7 Å². The fourth-order valence-electron chi connectivity index (χ4n) is 4.77. The molecule has 1 aliphatic rings. The smallest absolute Gasteiger partial charge is 0.550 e. The van der Waals surface area contributed by atoms with Crippen molar-refractivity contribution in [1.82, 2.24) is 0 Å². The van der Waals surface area contributed by atoms with Gasteiger partial charge < -0.3 is 30.0 Å². The first-order valence-corrected chi connectivity index (χ1v) is 15.0. The molecule has 8 nitrogen and oxygen atoms in total. The van der Waals surface area contributed by atoms with Crippen LogP contribution in [0.1, 0.15) is 114 Å². The van der Waals surface area contributed by atoms with Crippen LogP contribution < -0.4 is 10.2 Å². The predicted molar refractivity (Wildman–Crippen MR) is 166 cm³/mol. The molecule has 1 fully saturated rings. The summed E-state index contributed by atoms with van der Waals surface area (Å²) in [6, 6.07) is 2.65. The molecule has 1 radical (unpaired) electrons. The number of aromatic hydroxyl groups is 2. The molecular formula is C34H42CoF6N2O6. The summed E-state index contributed by atoms with van der Waals surface area (Å²) in [6.07, 6.45) is -4.09. The van der Waals surface area contributed by atoms with Gasteiger partial charge in [-0.2, -0.15) is 26.3 Å². The topological polar surface area (TPSA) is 145 Å². The van der Waals surface area contributed by atoms with Crippen LogP contribution >= 0.6 is 0 Å². The minimum absolute atomic E-state index is 0. The van der Waals surface area contributed by atoms with Crippen LogP contribution in [-0.2, 0) is 49.6 Å². The van der Waals surface area contributed by atoms with Crippen molar-refractivity contribution in [3.8, 4) is 11.5 Å². The summed E-state index contributed by atoms with van der Waals surface area (Å²) in [5.74, 6) is -2.74. The molecule has 0 heterocycles. The molecule has 3 rings (SSSR count). The Morgan fingerprint density at radius 2 is 0.939 bits per heavy atom. The van der Waals surface area contributed by atoms with Gasteiger partial charge in [0.2, 0.25) is 0 Å². The quantitative estimate of drug-likeness (QED) is 0.286. The number of hydrogen-bond acceptors (Lipinski definition) is 8. The SMILES string of the molecule is CC(=O)[O-].CC(=O)[O-].CC(C)(C)c1cc(C(F)(F)F)cc(C=NC2CCCCC2N=Cc2cc(C(F)(F)F)cc(C(C)(C)C)c2O)c1O.[Co+2]. The van der Waals surface area contributed by atoms with E-state index in [0.29, 0.717) is 12.8 Å². The second-order valence-corrected chi connectivity index (χ2v) is 13.4. The second kappa shape index (κ2) is 17.9. The van der Waals surface area contributed by atoms with Crippen molar-refractivity contribution in [1.29, 1.82) is 0 Å². The zero-order chi connectivity index (χ0) is 37.4. The van der Waals surface area contributed by atoms with E-state index in [0.717, 1.165) is 51.0 Å². The maximum Gasteiger partial charge on any atom is 2.00 e. The number of nitrogens with zero attached hydrogens (tertiary/aromatic N) is 2. The van der Waals surface area contributed by atoms with Crippen LogP contribution in [0.3, 0.4) is 0 Å². The number of carbonyl (C=O) groups excluding carboxylic acids is 2. The average molecular weight is 748 g/mol. The van der Waals surface area contributed by atoms with Gasteiger partial charge in [-0.15, -0.1) is 0 Å². The third-order valence-corrected chi connectivity index (χ3v) is 7.05. The number of phenolic OH excluding ortho intramolecular Hbond substituents is 2. The molecule has 2 N–H and O–H groups in total. The van der Waals surface area contributed by atoms with Crippen molar-refractivity contribution < 1.29 is 73.1 Å². The molecule has 1 saturated carbocycles. The Kier molecular flexibility index (Phi) is 16.6. The van der Waals surface area contributed by atoms with Gasteiger partial charge in [-0.3, -0.25) is 9.98 Å². The van der Waals surface area contributed by atoms with Crippen molar-refractivity contribution in [3.05, 3.63) is 57.6 Å². The van der Waals surface area contributed by atoms with E-state index < -0.39 is 58.3 Å². The average Bonchev–Trinajstić information content (AvgIpc) is 2.89. The fraction of sp³-hybridized carbons (Fsp3) is 0.529. The maximum absolute atomic E-state index is 13.6. The summed E-state index contributed by atoms with van der Waals surface area (Å²) in [5, 5.41) is 39.3. The molecule has 0 amide bonds. The van der Waals surface area contributed by atoms with E-state index in [1.54, 1.807) is 41.5 Å². The van der Waals surface area contributed by atoms with Crippen LogP contribution in [0.25, 0.3) is 0 Å². The summed E-state index contributed by atoms with van der Waals surface area (Å²) in [4.78, 5) is 26.7. The molecule has 0 aromatic heterocycles. The molecule has 0 aliphatic heterocycles. The number of rotatable bonds is 4. The Morgan fingerprint density at radius 3 is 1.16 bits per heavy atom. The van der Waals surface area contributed by atoms with Crippen LogP contribution in [0, 0.1) is 0 Å². The van der Waals surface area contributed by atoms with E-state index in [1.807, 2.05) is 0 Å². The number of halogens is 6. The van der Waals surface area contributed by atoms with Crippen LogP contribution in [0.5, 0.6) is 11.5 Å². The zero-order valence-electron chi connectivity index (χ0n) is 28.5. The van der Waals surface area contributed by atoms with Crippen molar-refractivity contribution in [2.75, 3.05) is 0 Å².